The van der Waals surface area contributed by atoms with E-state index in [-0.39, 0.29) is 0 Å². The fraction of sp³-hybridized carbons (Fsp3) is 0.0909. The average molecular weight is 412 g/mol. The van der Waals surface area contributed by atoms with E-state index in [0.717, 1.165) is 19.7 Å². The van der Waals surface area contributed by atoms with Crippen LogP contribution in [0.15, 0.2) is 39.2 Å². The average Bonchev–Trinajstić information content (AvgIpc) is 2.63. The van der Waals surface area contributed by atoms with Crippen LogP contribution in [-0.4, -0.2) is 0 Å². The number of nitrogens with one attached hydrogen (secondary N) is 1. The summed E-state index contributed by atoms with van der Waals surface area (Å²) in [7, 11) is 0. The van der Waals surface area contributed by atoms with Crippen LogP contribution in [0.3, 0.4) is 0 Å². The third kappa shape index (κ3) is 3.15. The Morgan fingerprint density at radius 1 is 1.31 bits per heavy atom. The molecule has 0 unspecified atom stereocenters. The summed E-state index contributed by atoms with van der Waals surface area (Å²) in [5, 5.41) is 3.91. The van der Waals surface area contributed by atoms with Gasteiger partial charge in [-0.2, -0.15) is 0 Å². The minimum absolute atomic E-state index is 0.629. The Morgan fingerprint density at radius 3 is 2.75 bits per heavy atom. The lowest BCUT2D eigenvalue weighted by Gasteiger charge is -2.06. The SMILES string of the molecule is Clc1cc(Br)ccc1NCc1ccc(I)o1. The summed E-state index contributed by atoms with van der Waals surface area (Å²) in [6.07, 6.45) is 0. The molecule has 0 atom stereocenters. The molecule has 16 heavy (non-hydrogen) atoms. The zero-order valence-electron chi connectivity index (χ0n) is 8.14. The minimum Gasteiger partial charge on any atom is -0.454 e. The van der Waals surface area contributed by atoms with Gasteiger partial charge in [0.05, 0.1) is 17.3 Å². The second-order valence-electron chi connectivity index (χ2n) is 3.18. The van der Waals surface area contributed by atoms with Crippen LogP contribution in [0.1, 0.15) is 5.76 Å². The zero-order chi connectivity index (χ0) is 11.5. The highest BCUT2D eigenvalue weighted by molar-refractivity contribution is 14.1. The number of halogens is 3. The summed E-state index contributed by atoms with van der Waals surface area (Å²) in [5.41, 5.74) is 0.899. The quantitative estimate of drug-likeness (QED) is 0.725. The van der Waals surface area contributed by atoms with Gasteiger partial charge < -0.3 is 9.73 Å². The second-order valence-corrected chi connectivity index (χ2v) is 5.57. The van der Waals surface area contributed by atoms with Gasteiger partial charge in [-0.15, -0.1) is 0 Å². The van der Waals surface area contributed by atoms with Crippen LogP contribution < -0.4 is 5.32 Å². The van der Waals surface area contributed by atoms with E-state index in [9.17, 15) is 0 Å². The van der Waals surface area contributed by atoms with E-state index < -0.39 is 0 Å². The first kappa shape index (κ1) is 12.3. The van der Waals surface area contributed by atoms with Gasteiger partial charge in [-0.05, 0) is 52.9 Å². The van der Waals surface area contributed by atoms with Gasteiger partial charge in [-0.1, -0.05) is 27.5 Å². The van der Waals surface area contributed by atoms with E-state index in [4.69, 9.17) is 16.0 Å². The van der Waals surface area contributed by atoms with Crippen molar-refractivity contribution in [2.75, 3.05) is 5.32 Å². The molecule has 84 valence electrons. The third-order valence-electron chi connectivity index (χ3n) is 2.01. The largest absolute Gasteiger partial charge is 0.454 e. The number of furan rings is 1. The molecule has 5 heteroatoms. The lowest BCUT2D eigenvalue weighted by Crippen LogP contribution is -1.98. The van der Waals surface area contributed by atoms with Gasteiger partial charge >= 0.3 is 0 Å². The maximum Gasteiger partial charge on any atom is 0.164 e. The predicted molar refractivity (Wildman–Crippen MR) is 77.9 cm³/mol. The van der Waals surface area contributed by atoms with Crippen LogP contribution in [0.5, 0.6) is 0 Å². The highest BCUT2D eigenvalue weighted by atomic mass is 127. The van der Waals surface area contributed by atoms with Gasteiger partial charge in [0.1, 0.15) is 5.76 Å². The number of hydrogen-bond acceptors (Lipinski definition) is 2. The van der Waals surface area contributed by atoms with Crippen molar-refractivity contribution in [3.63, 3.8) is 0 Å². The first-order valence-electron chi connectivity index (χ1n) is 4.58. The van der Waals surface area contributed by atoms with Gasteiger partial charge in [-0.3, -0.25) is 0 Å². The Bertz CT molecular complexity index is 500. The highest BCUT2D eigenvalue weighted by Gasteiger charge is 2.02. The smallest absolute Gasteiger partial charge is 0.164 e. The van der Waals surface area contributed by atoms with E-state index in [2.05, 4.69) is 43.8 Å². The normalized spacial score (nSPS) is 10.4. The Kier molecular flexibility index (Phi) is 4.16. The molecule has 0 radical (unpaired) electrons. The first-order valence-corrected chi connectivity index (χ1v) is 6.83. The first-order chi connectivity index (χ1) is 7.65. The van der Waals surface area contributed by atoms with Gasteiger partial charge in [0.15, 0.2) is 3.77 Å². The van der Waals surface area contributed by atoms with E-state index >= 15 is 0 Å². The fourth-order valence-corrected chi connectivity index (χ4v) is 2.46. The van der Waals surface area contributed by atoms with Crippen LogP contribution in [-0.2, 0) is 6.54 Å². The topological polar surface area (TPSA) is 25.2 Å². The summed E-state index contributed by atoms with van der Waals surface area (Å²) in [4.78, 5) is 0. The van der Waals surface area contributed by atoms with E-state index in [1.165, 1.54) is 0 Å². The van der Waals surface area contributed by atoms with Crippen molar-refractivity contribution in [3.05, 3.63) is 49.4 Å². The summed E-state index contributed by atoms with van der Waals surface area (Å²) in [6.45, 7) is 0.629. The standard InChI is InChI=1S/C11H8BrClINO/c12-7-1-3-10(9(13)5-7)15-6-8-2-4-11(14)16-8/h1-5,15H,6H2. The Balaban J connectivity index is 2.04. The number of benzene rings is 1. The maximum absolute atomic E-state index is 6.08. The molecule has 1 aromatic carbocycles. The Morgan fingerprint density at radius 2 is 2.12 bits per heavy atom. The highest BCUT2D eigenvalue weighted by Crippen LogP contribution is 2.26. The predicted octanol–water partition coefficient (Wildman–Crippen LogP) is 4.91. The molecule has 0 saturated carbocycles. The Hall–Kier alpha value is -0.200. The van der Waals surface area contributed by atoms with Crippen LogP contribution in [0.25, 0.3) is 0 Å². The van der Waals surface area contributed by atoms with Crippen molar-refractivity contribution >= 4 is 55.8 Å². The molecule has 0 spiro atoms. The fourth-order valence-electron chi connectivity index (χ4n) is 1.26. The molecule has 2 nitrogen and oxygen atoms in total. The minimum atomic E-state index is 0.629. The zero-order valence-corrected chi connectivity index (χ0v) is 12.6. The molecule has 0 aliphatic heterocycles. The van der Waals surface area contributed by atoms with Gasteiger partial charge in [0.2, 0.25) is 0 Å². The molecule has 0 amide bonds. The molecule has 0 aliphatic rings. The lowest BCUT2D eigenvalue weighted by atomic mass is 10.3. The molecule has 0 bridgehead atoms. The molecule has 0 aliphatic carbocycles. The number of rotatable bonds is 3. The van der Waals surface area contributed by atoms with E-state index in [0.29, 0.717) is 11.6 Å². The molecular weight excluding hydrogens is 404 g/mol. The molecule has 0 saturated heterocycles. The summed E-state index contributed by atoms with van der Waals surface area (Å²) >= 11 is 11.6. The monoisotopic (exact) mass is 411 g/mol. The van der Waals surface area contributed by atoms with Crippen molar-refractivity contribution in [3.8, 4) is 0 Å². The van der Waals surface area contributed by atoms with Gasteiger partial charge in [0, 0.05) is 4.47 Å². The summed E-state index contributed by atoms with van der Waals surface area (Å²) in [6, 6.07) is 9.61. The molecule has 2 rings (SSSR count). The molecule has 1 N–H and O–H groups in total. The second kappa shape index (κ2) is 5.42. The van der Waals surface area contributed by atoms with Crippen molar-refractivity contribution in [2.45, 2.75) is 6.54 Å². The van der Waals surface area contributed by atoms with E-state index in [1.54, 1.807) is 0 Å². The van der Waals surface area contributed by atoms with Crippen LogP contribution in [0.2, 0.25) is 5.02 Å². The van der Waals surface area contributed by atoms with Crippen molar-refractivity contribution in [1.29, 1.82) is 0 Å². The molecule has 1 aromatic heterocycles. The van der Waals surface area contributed by atoms with Gasteiger partial charge in [0.25, 0.3) is 0 Å². The molecule has 2 aromatic rings. The number of hydrogen-bond donors (Lipinski definition) is 1. The lowest BCUT2D eigenvalue weighted by molar-refractivity contribution is 0.493. The molecule has 0 fully saturated rings. The van der Waals surface area contributed by atoms with Crippen molar-refractivity contribution in [1.82, 2.24) is 0 Å². The Labute approximate surface area is 121 Å². The van der Waals surface area contributed by atoms with Crippen LogP contribution in [0, 0.1) is 3.77 Å². The third-order valence-corrected chi connectivity index (χ3v) is 3.40. The van der Waals surface area contributed by atoms with E-state index in [1.807, 2.05) is 30.3 Å². The van der Waals surface area contributed by atoms with Crippen molar-refractivity contribution in [2.24, 2.45) is 0 Å². The maximum atomic E-state index is 6.08. The van der Waals surface area contributed by atoms with Crippen LogP contribution >= 0.6 is 50.1 Å². The summed E-state index contributed by atoms with van der Waals surface area (Å²) < 4.78 is 7.29. The summed E-state index contributed by atoms with van der Waals surface area (Å²) in [5.74, 6) is 0.892. The molecular formula is C11H8BrClINO. The van der Waals surface area contributed by atoms with Crippen molar-refractivity contribution < 1.29 is 4.42 Å². The van der Waals surface area contributed by atoms with Gasteiger partial charge in [-0.25, -0.2) is 0 Å². The number of anilines is 1. The molecule has 1 heterocycles. The van der Waals surface area contributed by atoms with Crippen LogP contribution in [0.4, 0.5) is 5.69 Å².